The SMILES string of the molecule is CC(C)OCCOC1C=CS(=O)(=O)C1. The van der Waals surface area contributed by atoms with Gasteiger partial charge in [-0.3, -0.25) is 0 Å². The molecule has 0 saturated carbocycles. The molecule has 0 bridgehead atoms. The van der Waals surface area contributed by atoms with Gasteiger partial charge in [-0.05, 0) is 19.9 Å². The third-order valence-corrected chi connectivity index (χ3v) is 3.13. The van der Waals surface area contributed by atoms with E-state index in [2.05, 4.69) is 0 Å². The molecule has 4 nitrogen and oxygen atoms in total. The van der Waals surface area contributed by atoms with Crippen LogP contribution in [0.25, 0.3) is 0 Å². The van der Waals surface area contributed by atoms with Crippen molar-refractivity contribution < 1.29 is 17.9 Å². The second kappa shape index (κ2) is 4.91. The van der Waals surface area contributed by atoms with Gasteiger partial charge in [0.25, 0.3) is 0 Å². The summed E-state index contributed by atoms with van der Waals surface area (Å²) < 4.78 is 32.5. The third-order valence-electron chi connectivity index (χ3n) is 1.76. The fraction of sp³-hybridized carbons (Fsp3) is 0.778. The van der Waals surface area contributed by atoms with Gasteiger partial charge in [0.15, 0.2) is 9.84 Å². The lowest BCUT2D eigenvalue weighted by atomic mass is 10.4. The summed E-state index contributed by atoms with van der Waals surface area (Å²) in [5, 5.41) is 1.21. The van der Waals surface area contributed by atoms with E-state index in [0.29, 0.717) is 13.2 Å². The molecule has 0 aliphatic carbocycles. The van der Waals surface area contributed by atoms with E-state index in [1.807, 2.05) is 13.8 Å². The summed E-state index contributed by atoms with van der Waals surface area (Å²) in [6.45, 7) is 4.82. The van der Waals surface area contributed by atoms with Crippen molar-refractivity contribution in [1.29, 1.82) is 0 Å². The van der Waals surface area contributed by atoms with Crippen LogP contribution in [0.15, 0.2) is 11.5 Å². The molecule has 14 heavy (non-hydrogen) atoms. The molecule has 0 spiro atoms. The van der Waals surface area contributed by atoms with Gasteiger partial charge in [0.2, 0.25) is 0 Å². The van der Waals surface area contributed by atoms with E-state index in [1.54, 1.807) is 6.08 Å². The maximum absolute atomic E-state index is 11.0. The maximum Gasteiger partial charge on any atom is 0.174 e. The Morgan fingerprint density at radius 2 is 2.14 bits per heavy atom. The predicted molar refractivity (Wildman–Crippen MR) is 53.8 cm³/mol. The topological polar surface area (TPSA) is 52.6 Å². The van der Waals surface area contributed by atoms with Gasteiger partial charge in [0.05, 0.1) is 31.2 Å². The lowest BCUT2D eigenvalue weighted by molar-refractivity contribution is 0.00772. The summed E-state index contributed by atoms with van der Waals surface area (Å²) >= 11 is 0. The smallest absolute Gasteiger partial charge is 0.174 e. The highest BCUT2D eigenvalue weighted by atomic mass is 32.2. The van der Waals surface area contributed by atoms with Crippen LogP contribution < -0.4 is 0 Å². The second-order valence-electron chi connectivity index (χ2n) is 3.49. The van der Waals surface area contributed by atoms with Crippen LogP contribution in [0.4, 0.5) is 0 Å². The highest BCUT2D eigenvalue weighted by Gasteiger charge is 2.21. The zero-order valence-electron chi connectivity index (χ0n) is 8.47. The van der Waals surface area contributed by atoms with Gasteiger partial charge in [-0.15, -0.1) is 0 Å². The van der Waals surface area contributed by atoms with Crippen molar-refractivity contribution in [3.8, 4) is 0 Å². The Labute approximate surface area is 84.8 Å². The Morgan fingerprint density at radius 1 is 1.43 bits per heavy atom. The van der Waals surface area contributed by atoms with E-state index < -0.39 is 9.84 Å². The summed E-state index contributed by atoms with van der Waals surface area (Å²) in [6.07, 6.45) is 1.46. The molecular weight excluding hydrogens is 204 g/mol. The maximum atomic E-state index is 11.0. The molecular formula is C9H16O4S. The van der Waals surface area contributed by atoms with E-state index >= 15 is 0 Å². The summed E-state index contributed by atoms with van der Waals surface area (Å²) in [6, 6.07) is 0. The van der Waals surface area contributed by atoms with Gasteiger partial charge >= 0.3 is 0 Å². The fourth-order valence-corrected chi connectivity index (χ4v) is 2.33. The largest absolute Gasteiger partial charge is 0.376 e. The van der Waals surface area contributed by atoms with E-state index in [0.717, 1.165) is 0 Å². The standard InChI is InChI=1S/C9H16O4S/c1-8(2)12-4-5-13-9-3-6-14(10,11)7-9/h3,6,8-9H,4-5,7H2,1-2H3. The van der Waals surface area contributed by atoms with Gasteiger partial charge in [-0.2, -0.15) is 0 Å². The minimum Gasteiger partial charge on any atom is -0.376 e. The molecule has 0 aromatic carbocycles. The van der Waals surface area contributed by atoms with Crippen molar-refractivity contribution in [2.24, 2.45) is 0 Å². The normalized spacial score (nSPS) is 24.6. The average molecular weight is 220 g/mol. The number of hydrogen-bond donors (Lipinski definition) is 0. The van der Waals surface area contributed by atoms with Gasteiger partial charge in [0, 0.05) is 5.41 Å². The molecule has 1 aliphatic rings. The van der Waals surface area contributed by atoms with Crippen LogP contribution in [0.1, 0.15) is 13.8 Å². The molecule has 1 rings (SSSR count). The van der Waals surface area contributed by atoms with Crippen LogP contribution in [0.2, 0.25) is 0 Å². The average Bonchev–Trinajstić information content (AvgIpc) is 2.39. The van der Waals surface area contributed by atoms with Crippen LogP contribution in [0.5, 0.6) is 0 Å². The molecule has 0 amide bonds. The fourth-order valence-electron chi connectivity index (χ4n) is 1.13. The van der Waals surface area contributed by atoms with Crippen LogP contribution >= 0.6 is 0 Å². The van der Waals surface area contributed by atoms with Crippen LogP contribution in [-0.4, -0.2) is 39.6 Å². The first-order chi connectivity index (χ1) is 6.49. The van der Waals surface area contributed by atoms with E-state index in [-0.39, 0.29) is 18.0 Å². The molecule has 5 heteroatoms. The molecule has 0 aromatic heterocycles. The molecule has 1 atom stereocenters. The molecule has 0 saturated heterocycles. The summed E-state index contributed by atoms with van der Waals surface area (Å²) in [5.41, 5.74) is 0. The predicted octanol–water partition coefficient (Wildman–Crippen LogP) is 0.739. The molecule has 1 aliphatic heterocycles. The van der Waals surface area contributed by atoms with Crippen molar-refractivity contribution in [1.82, 2.24) is 0 Å². The van der Waals surface area contributed by atoms with Gasteiger partial charge in [0.1, 0.15) is 0 Å². The molecule has 0 aromatic rings. The van der Waals surface area contributed by atoms with Gasteiger partial charge in [-0.25, -0.2) is 8.42 Å². The number of hydrogen-bond acceptors (Lipinski definition) is 4. The quantitative estimate of drug-likeness (QED) is 0.641. The number of rotatable bonds is 5. The zero-order chi connectivity index (χ0) is 10.6. The zero-order valence-corrected chi connectivity index (χ0v) is 9.29. The van der Waals surface area contributed by atoms with E-state index in [1.165, 1.54) is 5.41 Å². The van der Waals surface area contributed by atoms with Crippen molar-refractivity contribution in [2.75, 3.05) is 19.0 Å². The van der Waals surface area contributed by atoms with Crippen LogP contribution in [0.3, 0.4) is 0 Å². The molecule has 0 radical (unpaired) electrons. The first kappa shape index (κ1) is 11.7. The number of sulfone groups is 1. The minimum atomic E-state index is -3.00. The summed E-state index contributed by atoms with van der Waals surface area (Å²) in [7, 11) is -3.00. The lowest BCUT2D eigenvalue weighted by Crippen LogP contribution is -2.19. The molecule has 0 fully saturated rings. The Hall–Kier alpha value is -0.390. The first-order valence-electron chi connectivity index (χ1n) is 4.64. The first-order valence-corrected chi connectivity index (χ1v) is 6.35. The minimum absolute atomic E-state index is 0.0642. The molecule has 1 heterocycles. The van der Waals surface area contributed by atoms with Crippen molar-refractivity contribution in [3.63, 3.8) is 0 Å². The Kier molecular flexibility index (Phi) is 4.10. The summed E-state index contributed by atoms with van der Waals surface area (Å²) in [5.74, 6) is 0.0642. The molecule has 82 valence electrons. The van der Waals surface area contributed by atoms with Gasteiger partial charge in [-0.1, -0.05) is 0 Å². The molecule has 1 unspecified atom stereocenters. The Balaban J connectivity index is 2.13. The van der Waals surface area contributed by atoms with E-state index in [9.17, 15) is 8.42 Å². The third kappa shape index (κ3) is 4.21. The highest BCUT2D eigenvalue weighted by Crippen LogP contribution is 2.10. The Bertz CT molecular complexity index is 292. The highest BCUT2D eigenvalue weighted by molar-refractivity contribution is 7.94. The monoisotopic (exact) mass is 220 g/mol. The van der Waals surface area contributed by atoms with Crippen molar-refractivity contribution in [3.05, 3.63) is 11.5 Å². The van der Waals surface area contributed by atoms with Crippen LogP contribution in [0, 0.1) is 0 Å². The van der Waals surface area contributed by atoms with Crippen molar-refractivity contribution in [2.45, 2.75) is 26.1 Å². The summed E-state index contributed by atoms with van der Waals surface area (Å²) in [4.78, 5) is 0. The Morgan fingerprint density at radius 3 is 2.64 bits per heavy atom. The lowest BCUT2D eigenvalue weighted by Gasteiger charge is -2.10. The van der Waals surface area contributed by atoms with E-state index in [4.69, 9.17) is 9.47 Å². The molecule has 0 N–H and O–H groups in total. The van der Waals surface area contributed by atoms with Crippen molar-refractivity contribution >= 4 is 9.84 Å². The van der Waals surface area contributed by atoms with Gasteiger partial charge < -0.3 is 9.47 Å². The second-order valence-corrected chi connectivity index (χ2v) is 5.42. The van der Waals surface area contributed by atoms with Crippen LogP contribution in [-0.2, 0) is 19.3 Å². The number of ether oxygens (including phenoxy) is 2.